The minimum Gasteiger partial charge on any atom is -0.326 e. The lowest BCUT2D eigenvalue weighted by Gasteiger charge is -2.33. The van der Waals surface area contributed by atoms with Gasteiger partial charge in [0.05, 0.1) is 5.92 Å². The molecule has 0 bridgehead atoms. The third kappa shape index (κ3) is 5.18. The molecular weight excluding hydrogens is 334 g/mol. The summed E-state index contributed by atoms with van der Waals surface area (Å²) in [5, 5.41) is 3.00. The zero-order valence-corrected chi connectivity index (χ0v) is 16.4. The molecule has 1 fully saturated rings. The normalized spacial score (nSPS) is 20.0. The van der Waals surface area contributed by atoms with E-state index in [1.807, 2.05) is 49.4 Å². The van der Waals surface area contributed by atoms with Gasteiger partial charge in [0.2, 0.25) is 5.91 Å². The number of rotatable bonds is 6. The van der Waals surface area contributed by atoms with E-state index in [0.717, 1.165) is 17.8 Å². The fraction of sp³-hybridized carbons (Fsp3) is 0.435. The van der Waals surface area contributed by atoms with Crippen LogP contribution in [-0.4, -0.2) is 23.4 Å². The van der Waals surface area contributed by atoms with Crippen molar-refractivity contribution in [2.45, 2.75) is 51.7 Å². The van der Waals surface area contributed by atoms with E-state index in [9.17, 15) is 4.79 Å². The van der Waals surface area contributed by atoms with Crippen molar-refractivity contribution in [1.29, 1.82) is 0 Å². The average Bonchev–Trinajstić information content (AvgIpc) is 2.70. The summed E-state index contributed by atoms with van der Waals surface area (Å²) in [6, 6.07) is 18.3. The number of nitrogens with one attached hydrogen (secondary N) is 1. The molecule has 1 aliphatic heterocycles. The molecule has 144 valence electrons. The largest absolute Gasteiger partial charge is 0.326 e. The van der Waals surface area contributed by atoms with Crippen LogP contribution in [0.25, 0.3) is 0 Å². The summed E-state index contributed by atoms with van der Waals surface area (Å²) in [6.45, 7) is 6.34. The van der Waals surface area contributed by atoms with Crippen molar-refractivity contribution in [3.05, 3.63) is 65.7 Å². The molecule has 0 radical (unpaired) electrons. The maximum Gasteiger partial charge on any atom is 0.229 e. The number of amides is 1. The zero-order valence-electron chi connectivity index (χ0n) is 16.4. The number of hydrogen-bond acceptors (Lipinski definition) is 3. The molecular formula is C23H31N3O. The van der Waals surface area contributed by atoms with Crippen molar-refractivity contribution < 1.29 is 4.79 Å². The van der Waals surface area contributed by atoms with Gasteiger partial charge in [0, 0.05) is 24.3 Å². The zero-order chi connectivity index (χ0) is 19.2. The number of carbonyl (C=O) groups is 1. The quantitative estimate of drug-likeness (QED) is 0.801. The monoisotopic (exact) mass is 365 g/mol. The lowest BCUT2D eigenvalue weighted by Crippen LogP contribution is -2.36. The van der Waals surface area contributed by atoms with Crippen molar-refractivity contribution in [3.8, 4) is 0 Å². The molecule has 4 heteroatoms. The third-order valence-electron chi connectivity index (χ3n) is 5.68. The number of anilines is 1. The molecule has 27 heavy (non-hydrogen) atoms. The first-order valence-corrected chi connectivity index (χ1v) is 9.99. The SMILES string of the molecule is CC(C(=O)Nc1ccc(CN2CCCCC2C)cc1)C(N)c1ccccc1. The van der Waals surface area contributed by atoms with Crippen LogP contribution >= 0.6 is 0 Å². The van der Waals surface area contributed by atoms with E-state index in [1.165, 1.54) is 31.4 Å². The molecule has 0 saturated carbocycles. The van der Waals surface area contributed by atoms with Gasteiger partial charge in [-0.25, -0.2) is 0 Å². The van der Waals surface area contributed by atoms with Crippen molar-refractivity contribution >= 4 is 11.6 Å². The highest BCUT2D eigenvalue weighted by atomic mass is 16.1. The highest BCUT2D eigenvalue weighted by Crippen LogP contribution is 2.22. The van der Waals surface area contributed by atoms with Crippen LogP contribution in [0.3, 0.4) is 0 Å². The molecule has 0 spiro atoms. The van der Waals surface area contributed by atoms with Gasteiger partial charge in [-0.15, -0.1) is 0 Å². The fourth-order valence-corrected chi connectivity index (χ4v) is 3.70. The molecule has 2 aromatic rings. The Hall–Kier alpha value is -2.17. The highest BCUT2D eigenvalue weighted by Gasteiger charge is 2.22. The van der Waals surface area contributed by atoms with Crippen LogP contribution in [0.15, 0.2) is 54.6 Å². The summed E-state index contributed by atoms with van der Waals surface area (Å²) in [5.74, 6) is -0.356. The first-order chi connectivity index (χ1) is 13.0. The topological polar surface area (TPSA) is 58.4 Å². The van der Waals surface area contributed by atoms with E-state index in [4.69, 9.17) is 5.73 Å². The number of hydrogen-bond donors (Lipinski definition) is 2. The first-order valence-electron chi connectivity index (χ1n) is 9.99. The van der Waals surface area contributed by atoms with E-state index in [2.05, 4.69) is 29.3 Å². The Morgan fingerprint density at radius 3 is 2.52 bits per heavy atom. The number of likely N-dealkylation sites (tertiary alicyclic amines) is 1. The second-order valence-electron chi connectivity index (χ2n) is 7.73. The molecule has 4 nitrogen and oxygen atoms in total. The summed E-state index contributed by atoms with van der Waals surface area (Å²) in [6.07, 6.45) is 3.91. The number of piperidine rings is 1. The van der Waals surface area contributed by atoms with Gasteiger partial charge in [0.15, 0.2) is 0 Å². The molecule has 0 aromatic heterocycles. The predicted octanol–water partition coefficient (Wildman–Crippen LogP) is 4.34. The molecule has 3 rings (SSSR count). The first kappa shape index (κ1) is 19.6. The van der Waals surface area contributed by atoms with Crippen molar-refractivity contribution in [2.24, 2.45) is 11.7 Å². The Balaban J connectivity index is 1.56. The summed E-state index contributed by atoms with van der Waals surface area (Å²) in [7, 11) is 0. The third-order valence-corrected chi connectivity index (χ3v) is 5.68. The standard InChI is InChI=1S/C23H31N3O/c1-17-8-6-7-15-26(17)16-19-11-13-21(14-12-19)25-23(27)18(2)22(24)20-9-4-3-5-10-20/h3-5,9-14,17-18,22H,6-8,15-16,24H2,1-2H3,(H,25,27). The van der Waals surface area contributed by atoms with Gasteiger partial charge in [-0.3, -0.25) is 9.69 Å². The number of carbonyl (C=O) groups excluding carboxylic acids is 1. The summed E-state index contributed by atoms with van der Waals surface area (Å²) >= 11 is 0. The van der Waals surface area contributed by atoms with Crippen LogP contribution in [0.4, 0.5) is 5.69 Å². The van der Waals surface area contributed by atoms with Crippen molar-refractivity contribution in [1.82, 2.24) is 4.90 Å². The van der Waals surface area contributed by atoms with E-state index in [-0.39, 0.29) is 17.9 Å². The van der Waals surface area contributed by atoms with Crippen LogP contribution in [0.1, 0.15) is 50.3 Å². The van der Waals surface area contributed by atoms with Gasteiger partial charge in [-0.1, -0.05) is 55.8 Å². The lowest BCUT2D eigenvalue weighted by molar-refractivity contribution is -0.120. The second-order valence-corrected chi connectivity index (χ2v) is 7.73. The number of nitrogens with zero attached hydrogens (tertiary/aromatic N) is 1. The molecule has 1 amide bonds. The smallest absolute Gasteiger partial charge is 0.229 e. The van der Waals surface area contributed by atoms with E-state index in [1.54, 1.807) is 0 Å². The molecule has 1 saturated heterocycles. The Morgan fingerprint density at radius 2 is 1.85 bits per heavy atom. The maximum absolute atomic E-state index is 12.6. The Labute approximate surface area is 162 Å². The molecule has 1 aliphatic rings. The van der Waals surface area contributed by atoms with Gasteiger partial charge < -0.3 is 11.1 Å². The van der Waals surface area contributed by atoms with Crippen LogP contribution in [0.2, 0.25) is 0 Å². The van der Waals surface area contributed by atoms with Crippen LogP contribution in [0, 0.1) is 5.92 Å². The highest BCUT2D eigenvalue weighted by molar-refractivity contribution is 5.92. The van der Waals surface area contributed by atoms with Gasteiger partial charge in [-0.05, 0) is 49.6 Å². The van der Waals surface area contributed by atoms with Crippen molar-refractivity contribution in [2.75, 3.05) is 11.9 Å². The summed E-state index contributed by atoms with van der Waals surface area (Å²) in [4.78, 5) is 15.1. The molecule has 2 aromatic carbocycles. The minimum absolute atomic E-state index is 0.0521. The van der Waals surface area contributed by atoms with Gasteiger partial charge >= 0.3 is 0 Å². The van der Waals surface area contributed by atoms with Crippen LogP contribution < -0.4 is 11.1 Å². The Morgan fingerprint density at radius 1 is 1.15 bits per heavy atom. The van der Waals surface area contributed by atoms with Gasteiger partial charge in [0.25, 0.3) is 0 Å². The molecule has 3 unspecified atom stereocenters. The molecule has 1 heterocycles. The second kappa shape index (κ2) is 9.16. The number of nitrogens with two attached hydrogens (primary N) is 1. The average molecular weight is 366 g/mol. The molecule has 0 aliphatic carbocycles. The van der Waals surface area contributed by atoms with Crippen LogP contribution in [-0.2, 0) is 11.3 Å². The van der Waals surface area contributed by atoms with Gasteiger partial charge in [-0.2, -0.15) is 0 Å². The van der Waals surface area contributed by atoms with E-state index >= 15 is 0 Å². The molecule has 3 atom stereocenters. The van der Waals surface area contributed by atoms with Gasteiger partial charge in [0.1, 0.15) is 0 Å². The summed E-state index contributed by atoms with van der Waals surface area (Å²) < 4.78 is 0. The fourth-order valence-electron chi connectivity index (χ4n) is 3.70. The lowest BCUT2D eigenvalue weighted by atomic mass is 9.94. The Bertz CT molecular complexity index is 729. The van der Waals surface area contributed by atoms with Crippen LogP contribution in [0.5, 0.6) is 0 Å². The van der Waals surface area contributed by atoms with E-state index < -0.39 is 0 Å². The Kier molecular flexibility index (Phi) is 6.64. The summed E-state index contributed by atoms with van der Waals surface area (Å²) in [5.41, 5.74) is 9.36. The minimum atomic E-state index is -0.314. The van der Waals surface area contributed by atoms with Crippen molar-refractivity contribution in [3.63, 3.8) is 0 Å². The number of benzene rings is 2. The van der Waals surface area contributed by atoms with E-state index in [0.29, 0.717) is 6.04 Å². The predicted molar refractivity (Wildman–Crippen MR) is 111 cm³/mol. The maximum atomic E-state index is 12.6. The molecule has 3 N–H and O–H groups in total.